The minimum Gasteiger partial charge on any atom is -0.508 e. The number of benzene rings is 2. The molecule has 0 amide bonds. The van der Waals surface area contributed by atoms with Crippen LogP contribution in [0, 0.1) is 0 Å². The van der Waals surface area contributed by atoms with Crippen molar-refractivity contribution in [1.82, 2.24) is 15.0 Å². The molecule has 0 saturated heterocycles. The molecule has 0 aliphatic rings. The zero-order valence-corrected chi connectivity index (χ0v) is 12.3. The predicted octanol–water partition coefficient (Wildman–Crippen LogP) is 2.41. The Labute approximate surface area is 133 Å². The minimum absolute atomic E-state index is 0.165. The first-order chi connectivity index (χ1) is 11.3. The number of phenolic OH excluding ortho intramolecular Hbond substituents is 1. The number of carbonyl (C=O) groups is 1. The fourth-order valence-electron chi connectivity index (χ4n) is 2.22. The first kappa shape index (κ1) is 14.8. The number of ether oxygens (including phenoxy) is 1. The molecule has 1 heterocycles. The van der Waals surface area contributed by atoms with Crippen LogP contribution >= 0.6 is 0 Å². The summed E-state index contributed by atoms with van der Waals surface area (Å²) >= 11 is 0. The van der Waals surface area contributed by atoms with E-state index in [0.29, 0.717) is 25.0 Å². The van der Waals surface area contributed by atoms with E-state index in [1.54, 1.807) is 28.9 Å². The van der Waals surface area contributed by atoms with Crippen LogP contribution in [0.4, 0.5) is 0 Å². The summed E-state index contributed by atoms with van der Waals surface area (Å²) < 4.78 is 7.24. The van der Waals surface area contributed by atoms with Crippen LogP contribution in [0.25, 0.3) is 5.69 Å². The van der Waals surface area contributed by atoms with E-state index < -0.39 is 0 Å². The highest BCUT2D eigenvalue weighted by Crippen LogP contribution is 2.17. The predicted molar refractivity (Wildman–Crippen MR) is 84.1 cm³/mol. The van der Waals surface area contributed by atoms with Crippen LogP contribution in [0.1, 0.15) is 16.2 Å². The number of para-hydroxylation sites is 1. The lowest BCUT2D eigenvalue weighted by molar-refractivity contribution is 0.111. The van der Waals surface area contributed by atoms with Crippen molar-refractivity contribution in [2.45, 2.75) is 6.42 Å². The van der Waals surface area contributed by atoms with Crippen LogP contribution < -0.4 is 4.74 Å². The Hall–Kier alpha value is -3.15. The molecular formula is C17H15N3O3. The van der Waals surface area contributed by atoms with Gasteiger partial charge in [-0.1, -0.05) is 23.4 Å². The maximum absolute atomic E-state index is 11.2. The maximum atomic E-state index is 11.2. The smallest absolute Gasteiger partial charge is 0.172 e. The fourth-order valence-corrected chi connectivity index (χ4v) is 2.22. The Morgan fingerprint density at radius 1 is 1.09 bits per heavy atom. The molecule has 0 radical (unpaired) electrons. The van der Waals surface area contributed by atoms with Gasteiger partial charge in [-0.05, 0) is 36.4 Å². The molecule has 0 aliphatic carbocycles. The molecule has 116 valence electrons. The SMILES string of the molecule is O=Cc1nnn(-c2ccc(O)cc2)c1CCOc1ccccc1. The molecule has 6 heteroatoms. The van der Waals surface area contributed by atoms with E-state index in [2.05, 4.69) is 10.3 Å². The third kappa shape index (κ3) is 3.37. The molecule has 0 atom stereocenters. The summed E-state index contributed by atoms with van der Waals surface area (Å²) in [5.74, 6) is 0.933. The van der Waals surface area contributed by atoms with Crippen molar-refractivity contribution < 1.29 is 14.6 Å². The van der Waals surface area contributed by atoms with Gasteiger partial charge in [0.15, 0.2) is 6.29 Å². The molecule has 0 aliphatic heterocycles. The third-order valence-corrected chi connectivity index (χ3v) is 3.35. The van der Waals surface area contributed by atoms with E-state index in [-0.39, 0.29) is 11.4 Å². The van der Waals surface area contributed by atoms with Crippen LogP contribution in [0.15, 0.2) is 54.6 Å². The van der Waals surface area contributed by atoms with Crippen molar-refractivity contribution in [3.63, 3.8) is 0 Å². The molecular weight excluding hydrogens is 294 g/mol. The van der Waals surface area contributed by atoms with Crippen LogP contribution in [0.2, 0.25) is 0 Å². The van der Waals surface area contributed by atoms with Crippen LogP contribution in [-0.2, 0) is 6.42 Å². The molecule has 0 spiro atoms. The number of phenols is 1. The number of aldehydes is 1. The minimum atomic E-state index is 0.165. The van der Waals surface area contributed by atoms with Crippen molar-refractivity contribution >= 4 is 6.29 Å². The second-order valence-electron chi connectivity index (χ2n) is 4.88. The Balaban J connectivity index is 1.79. The number of aromatic nitrogens is 3. The molecule has 3 aromatic rings. The van der Waals surface area contributed by atoms with Gasteiger partial charge in [0, 0.05) is 6.42 Å². The number of hydrogen-bond donors (Lipinski definition) is 1. The van der Waals surface area contributed by atoms with Gasteiger partial charge in [-0.15, -0.1) is 5.10 Å². The van der Waals surface area contributed by atoms with E-state index in [4.69, 9.17) is 4.74 Å². The lowest BCUT2D eigenvalue weighted by atomic mass is 10.2. The molecule has 0 saturated carbocycles. The van der Waals surface area contributed by atoms with Crippen molar-refractivity contribution in [2.75, 3.05) is 6.61 Å². The lowest BCUT2D eigenvalue weighted by Gasteiger charge is -2.08. The first-order valence-electron chi connectivity index (χ1n) is 7.15. The van der Waals surface area contributed by atoms with Gasteiger partial charge in [0.05, 0.1) is 18.0 Å². The topological polar surface area (TPSA) is 77.2 Å². The van der Waals surface area contributed by atoms with Crippen LogP contribution in [0.3, 0.4) is 0 Å². The molecule has 0 fully saturated rings. The Morgan fingerprint density at radius 2 is 1.83 bits per heavy atom. The van der Waals surface area contributed by atoms with Gasteiger partial charge in [0.2, 0.25) is 0 Å². The summed E-state index contributed by atoms with van der Waals surface area (Å²) in [6.07, 6.45) is 1.17. The largest absolute Gasteiger partial charge is 0.508 e. The van der Waals surface area contributed by atoms with Gasteiger partial charge >= 0.3 is 0 Å². The fraction of sp³-hybridized carbons (Fsp3) is 0.118. The highest BCUT2D eigenvalue weighted by molar-refractivity contribution is 5.73. The summed E-state index contributed by atoms with van der Waals surface area (Å²) in [4.78, 5) is 11.2. The zero-order chi connectivity index (χ0) is 16.1. The molecule has 6 nitrogen and oxygen atoms in total. The van der Waals surface area contributed by atoms with Gasteiger partial charge < -0.3 is 9.84 Å². The highest BCUT2D eigenvalue weighted by atomic mass is 16.5. The number of carbonyl (C=O) groups excluding carboxylic acids is 1. The zero-order valence-electron chi connectivity index (χ0n) is 12.3. The van der Waals surface area contributed by atoms with Gasteiger partial charge in [0.1, 0.15) is 17.2 Å². The molecule has 0 bridgehead atoms. The average molecular weight is 309 g/mol. The Morgan fingerprint density at radius 3 is 2.52 bits per heavy atom. The maximum Gasteiger partial charge on any atom is 0.172 e. The number of hydrogen-bond acceptors (Lipinski definition) is 5. The summed E-state index contributed by atoms with van der Waals surface area (Å²) in [5.41, 5.74) is 1.68. The molecule has 1 N–H and O–H groups in total. The number of nitrogens with zero attached hydrogens (tertiary/aromatic N) is 3. The molecule has 2 aromatic carbocycles. The summed E-state index contributed by atoms with van der Waals surface area (Å²) in [6.45, 7) is 0.399. The second-order valence-corrected chi connectivity index (χ2v) is 4.88. The van der Waals surface area contributed by atoms with Crippen molar-refractivity contribution in [3.05, 3.63) is 66.0 Å². The summed E-state index contributed by atoms with van der Waals surface area (Å²) in [5, 5.41) is 17.3. The molecule has 1 aromatic heterocycles. The van der Waals surface area contributed by atoms with E-state index in [1.165, 1.54) is 0 Å². The van der Waals surface area contributed by atoms with Gasteiger partial charge in [-0.2, -0.15) is 0 Å². The van der Waals surface area contributed by atoms with Crippen molar-refractivity contribution in [1.29, 1.82) is 0 Å². The van der Waals surface area contributed by atoms with Gasteiger partial charge in [-0.25, -0.2) is 4.68 Å². The first-order valence-corrected chi connectivity index (χ1v) is 7.15. The summed E-state index contributed by atoms with van der Waals surface area (Å²) in [6, 6.07) is 16.0. The van der Waals surface area contributed by atoms with E-state index in [0.717, 1.165) is 11.4 Å². The monoisotopic (exact) mass is 309 g/mol. The van der Waals surface area contributed by atoms with Gasteiger partial charge in [-0.3, -0.25) is 4.79 Å². The standard InChI is InChI=1S/C17H15N3O3/c21-12-16-17(10-11-23-15-4-2-1-3-5-15)20(19-18-16)13-6-8-14(22)9-7-13/h1-9,12,22H,10-11H2. The lowest BCUT2D eigenvalue weighted by Crippen LogP contribution is -2.09. The Bertz CT molecular complexity index is 783. The van der Waals surface area contributed by atoms with Crippen LogP contribution in [0.5, 0.6) is 11.5 Å². The van der Waals surface area contributed by atoms with Crippen LogP contribution in [-0.4, -0.2) is 33.0 Å². The van der Waals surface area contributed by atoms with E-state index in [1.807, 2.05) is 30.3 Å². The number of aromatic hydroxyl groups is 1. The van der Waals surface area contributed by atoms with Crippen molar-refractivity contribution in [2.24, 2.45) is 0 Å². The third-order valence-electron chi connectivity index (χ3n) is 3.35. The summed E-state index contributed by atoms with van der Waals surface area (Å²) in [7, 11) is 0. The number of rotatable bonds is 6. The highest BCUT2D eigenvalue weighted by Gasteiger charge is 2.14. The van der Waals surface area contributed by atoms with Gasteiger partial charge in [0.25, 0.3) is 0 Å². The van der Waals surface area contributed by atoms with E-state index in [9.17, 15) is 9.90 Å². The molecule has 23 heavy (non-hydrogen) atoms. The average Bonchev–Trinajstić information content (AvgIpc) is 2.99. The normalized spacial score (nSPS) is 10.4. The Kier molecular flexibility index (Phi) is 4.33. The van der Waals surface area contributed by atoms with Crippen molar-refractivity contribution in [3.8, 4) is 17.2 Å². The molecule has 3 rings (SSSR count). The van der Waals surface area contributed by atoms with E-state index >= 15 is 0 Å². The second kappa shape index (κ2) is 6.74. The molecule has 0 unspecified atom stereocenters. The quantitative estimate of drug-likeness (QED) is 0.708.